The summed E-state index contributed by atoms with van der Waals surface area (Å²) in [5.74, 6) is 2.72. The lowest BCUT2D eigenvalue weighted by Gasteiger charge is -2.17. The van der Waals surface area contributed by atoms with Crippen LogP contribution >= 0.6 is 11.8 Å². The fourth-order valence-electron chi connectivity index (χ4n) is 3.22. The van der Waals surface area contributed by atoms with Crippen molar-refractivity contribution in [1.29, 1.82) is 0 Å². The highest BCUT2D eigenvalue weighted by Gasteiger charge is 2.21. The second kappa shape index (κ2) is 7.99. The number of nitrogens with one attached hydrogen (secondary N) is 1. The van der Waals surface area contributed by atoms with E-state index < -0.39 is 0 Å². The summed E-state index contributed by atoms with van der Waals surface area (Å²) < 4.78 is 16.3. The molecule has 2 aliphatic rings. The van der Waals surface area contributed by atoms with Gasteiger partial charge in [-0.1, -0.05) is 37.1 Å². The third-order valence-corrected chi connectivity index (χ3v) is 5.45. The van der Waals surface area contributed by atoms with Crippen molar-refractivity contribution in [2.75, 3.05) is 12.5 Å². The number of hydrogen-bond donors (Lipinski definition) is 1. The average Bonchev–Trinajstić information content (AvgIpc) is 3.34. The SMILES string of the molecule is O=C(CSc1nnc(C2CCCCC2)o1)NCc1ccc2c(c1)OCO2. The standard InChI is InChI=1S/C18H21N3O4S/c22-16(19-9-12-6-7-14-15(8-12)24-11-23-14)10-26-18-21-20-17(25-18)13-4-2-1-3-5-13/h6-8,13H,1-5,9-11H2,(H,19,22). The number of benzene rings is 1. The molecule has 2 heterocycles. The summed E-state index contributed by atoms with van der Waals surface area (Å²) in [6, 6.07) is 5.64. The lowest BCUT2D eigenvalue weighted by Crippen LogP contribution is -2.24. The number of nitrogens with zero attached hydrogens (tertiary/aromatic N) is 2. The van der Waals surface area contributed by atoms with Crippen molar-refractivity contribution in [1.82, 2.24) is 15.5 Å². The molecule has 2 aromatic rings. The van der Waals surface area contributed by atoms with Crippen LogP contribution < -0.4 is 14.8 Å². The average molecular weight is 375 g/mol. The van der Waals surface area contributed by atoms with E-state index in [4.69, 9.17) is 13.9 Å². The Morgan fingerprint density at radius 3 is 2.88 bits per heavy atom. The Hall–Kier alpha value is -2.22. The Morgan fingerprint density at radius 1 is 1.15 bits per heavy atom. The van der Waals surface area contributed by atoms with E-state index in [1.807, 2.05) is 18.2 Å². The third-order valence-electron chi connectivity index (χ3n) is 4.63. The number of rotatable bonds is 6. The Kier molecular flexibility index (Phi) is 5.29. The second-order valence-corrected chi connectivity index (χ2v) is 7.42. The highest BCUT2D eigenvalue weighted by atomic mass is 32.2. The van der Waals surface area contributed by atoms with Gasteiger partial charge in [0.25, 0.3) is 5.22 Å². The maximum absolute atomic E-state index is 12.1. The molecule has 1 N–H and O–H groups in total. The molecule has 4 rings (SSSR count). The molecule has 0 radical (unpaired) electrons. The van der Waals surface area contributed by atoms with Crippen LogP contribution in [0.15, 0.2) is 27.8 Å². The molecule has 0 unspecified atom stereocenters. The number of fused-ring (bicyclic) bond motifs is 1. The Labute approximate surface area is 155 Å². The molecule has 1 aromatic heterocycles. The summed E-state index contributed by atoms with van der Waals surface area (Å²) in [5, 5.41) is 11.6. The van der Waals surface area contributed by atoms with Crippen LogP contribution in [0, 0.1) is 0 Å². The van der Waals surface area contributed by atoms with Crippen molar-refractivity contribution in [3.63, 3.8) is 0 Å². The summed E-state index contributed by atoms with van der Waals surface area (Å²) in [6.45, 7) is 0.683. The van der Waals surface area contributed by atoms with E-state index in [-0.39, 0.29) is 18.5 Å². The molecule has 0 spiro atoms. The number of carbonyl (C=O) groups is 1. The van der Waals surface area contributed by atoms with Crippen LogP contribution in [-0.2, 0) is 11.3 Å². The minimum Gasteiger partial charge on any atom is -0.454 e. The topological polar surface area (TPSA) is 86.5 Å². The van der Waals surface area contributed by atoms with Gasteiger partial charge in [-0.3, -0.25) is 4.79 Å². The second-order valence-electron chi connectivity index (χ2n) is 6.49. The van der Waals surface area contributed by atoms with Crippen molar-refractivity contribution in [2.45, 2.75) is 49.8 Å². The number of aromatic nitrogens is 2. The molecular formula is C18H21N3O4S. The molecule has 1 aliphatic carbocycles. The Morgan fingerprint density at radius 2 is 2.00 bits per heavy atom. The first-order valence-corrected chi connectivity index (χ1v) is 9.88. The normalized spacial score (nSPS) is 16.6. The molecule has 1 aliphatic heterocycles. The summed E-state index contributed by atoms with van der Waals surface area (Å²) in [5.41, 5.74) is 0.963. The van der Waals surface area contributed by atoms with Crippen LogP contribution in [-0.4, -0.2) is 28.7 Å². The third kappa shape index (κ3) is 4.12. The van der Waals surface area contributed by atoms with E-state index in [0.29, 0.717) is 29.3 Å². The summed E-state index contributed by atoms with van der Waals surface area (Å²) in [4.78, 5) is 12.1. The molecule has 26 heavy (non-hydrogen) atoms. The fraction of sp³-hybridized carbons (Fsp3) is 0.500. The minimum atomic E-state index is -0.0786. The van der Waals surface area contributed by atoms with Gasteiger partial charge >= 0.3 is 0 Å². The van der Waals surface area contributed by atoms with E-state index in [9.17, 15) is 4.79 Å². The monoisotopic (exact) mass is 375 g/mol. The van der Waals surface area contributed by atoms with E-state index in [0.717, 1.165) is 24.2 Å². The van der Waals surface area contributed by atoms with Gasteiger partial charge in [-0.15, -0.1) is 10.2 Å². The lowest BCUT2D eigenvalue weighted by atomic mass is 9.89. The molecule has 0 saturated heterocycles. The fourth-order valence-corrected chi connectivity index (χ4v) is 3.82. The summed E-state index contributed by atoms with van der Waals surface area (Å²) in [7, 11) is 0. The molecule has 8 heteroatoms. The van der Waals surface area contributed by atoms with Gasteiger partial charge in [0.05, 0.1) is 5.75 Å². The van der Waals surface area contributed by atoms with E-state index in [1.54, 1.807) is 0 Å². The molecule has 1 amide bonds. The van der Waals surface area contributed by atoms with Gasteiger partial charge < -0.3 is 19.2 Å². The largest absolute Gasteiger partial charge is 0.454 e. The Balaban J connectivity index is 1.23. The van der Waals surface area contributed by atoms with Crippen LogP contribution in [0.25, 0.3) is 0 Å². The maximum Gasteiger partial charge on any atom is 0.277 e. The van der Waals surface area contributed by atoms with Crippen LogP contribution in [0.5, 0.6) is 11.5 Å². The zero-order valence-electron chi connectivity index (χ0n) is 14.4. The molecule has 0 bridgehead atoms. The number of thioether (sulfide) groups is 1. The number of ether oxygens (including phenoxy) is 2. The van der Waals surface area contributed by atoms with Crippen molar-refractivity contribution >= 4 is 17.7 Å². The number of carbonyl (C=O) groups excluding carboxylic acids is 1. The van der Waals surface area contributed by atoms with Gasteiger partial charge in [-0.2, -0.15) is 0 Å². The summed E-state index contributed by atoms with van der Waals surface area (Å²) in [6.07, 6.45) is 5.95. The highest BCUT2D eigenvalue weighted by molar-refractivity contribution is 7.99. The summed E-state index contributed by atoms with van der Waals surface area (Å²) >= 11 is 1.27. The van der Waals surface area contributed by atoms with Gasteiger partial charge in [-0.25, -0.2) is 0 Å². The molecule has 7 nitrogen and oxygen atoms in total. The first kappa shape index (κ1) is 17.2. The van der Waals surface area contributed by atoms with E-state index >= 15 is 0 Å². The molecule has 1 fully saturated rings. The Bertz CT molecular complexity index is 774. The van der Waals surface area contributed by atoms with Crippen molar-refractivity contribution in [3.8, 4) is 11.5 Å². The smallest absolute Gasteiger partial charge is 0.277 e. The van der Waals surface area contributed by atoms with Crippen LogP contribution in [0.4, 0.5) is 0 Å². The van der Waals surface area contributed by atoms with E-state index in [1.165, 1.54) is 31.0 Å². The number of amides is 1. The van der Waals surface area contributed by atoms with Gasteiger partial charge in [0.2, 0.25) is 18.6 Å². The van der Waals surface area contributed by atoms with Crippen molar-refractivity contribution in [3.05, 3.63) is 29.7 Å². The molecule has 138 valence electrons. The van der Waals surface area contributed by atoms with Crippen LogP contribution in [0.1, 0.15) is 49.5 Å². The van der Waals surface area contributed by atoms with Gasteiger partial charge in [0.15, 0.2) is 11.5 Å². The zero-order valence-corrected chi connectivity index (χ0v) is 15.2. The quantitative estimate of drug-likeness (QED) is 0.776. The molecule has 1 aromatic carbocycles. The maximum atomic E-state index is 12.1. The van der Waals surface area contributed by atoms with Gasteiger partial charge in [0, 0.05) is 12.5 Å². The van der Waals surface area contributed by atoms with Crippen molar-refractivity contribution < 1.29 is 18.7 Å². The van der Waals surface area contributed by atoms with E-state index in [2.05, 4.69) is 15.5 Å². The lowest BCUT2D eigenvalue weighted by molar-refractivity contribution is -0.118. The molecular weight excluding hydrogens is 354 g/mol. The molecule has 0 atom stereocenters. The van der Waals surface area contributed by atoms with Crippen LogP contribution in [0.3, 0.4) is 0 Å². The van der Waals surface area contributed by atoms with Gasteiger partial charge in [0.1, 0.15) is 0 Å². The zero-order chi connectivity index (χ0) is 17.8. The number of hydrogen-bond acceptors (Lipinski definition) is 7. The van der Waals surface area contributed by atoms with Gasteiger partial charge in [-0.05, 0) is 30.5 Å². The predicted octanol–water partition coefficient (Wildman–Crippen LogP) is 3.25. The first-order chi connectivity index (χ1) is 12.8. The predicted molar refractivity (Wildman–Crippen MR) is 95.3 cm³/mol. The van der Waals surface area contributed by atoms with Crippen LogP contribution in [0.2, 0.25) is 0 Å². The minimum absolute atomic E-state index is 0.0786. The highest BCUT2D eigenvalue weighted by Crippen LogP contribution is 2.33. The first-order valence-electron chi connectivity index (χ1n) is 8.89. The van der Waals surface area contributed by atoms with Crippen molar-refractivity contribution in [2.24, 2.45) is 0 Å². The molecule has 1 saturated carbocycles.